The minimum Gasteiger partial charge on any atom is -0.356 e. The topological polar surface area (TPSA) is 79.3 Å². The van der Waals surface area contributed by atoms with E-state index in [4.69, 9.17) is 26.4 Å². The van der Waals surface area contributed by atoms with Gasteiger partial charge in [-0.05, 0) is 75.7 Å². The molecule has 0 radical (unpaired) electrons. The van der Waals surface area contributed by atoms with Crippen LogP contribution in [0.5, 0.6) is 0 Å². The molecular formula is C26H33ClN6O2. The number of hydrogen-bond acceptors (Lipinski definition) is 6. The Kier molecular flexibility index (Phi) is 5.86. The number of hydrogen-bond donors (Lipinski definition) is 1. The van der Waals surface area contributed by atoms with Crippen molar-refractivity contribution in [3.05, 3.63) is 50.5 Å². The monoisotopic (exact) mass is 496 g/mol. The summed E-state index contributed by atoms with van der Waals surface area (Å²) in [6, 6.07) is 4.53. The molecule has 6 rings (SSSR count). The second-order valence-corrected chi connectivity index (χ2v) is 11.0. The van der Waals surface area contributed by atoms with Gasteiger partial charge in [-0.25, -0.2) is 9.67 Å². The summed E-state index contributed by atoms with van der Waals surface area (Å²) in [5, 5.41) is 6.56. The maximum absolute atomic E-state index is 13.0. The molecule has 0 saturated carbocycles. The lowest BCUT2D eigenvalue weighted by molar-refractivity contribution is -0.0366. The Morgan fingerprint density at radius 1 is 1.20 bits per heavy atom. The number of nitrogens with zero attached hydrogens (tertiary/aromatic N) is 5. The van der Waals surface area contributed by atoms with Gasteiger partial charge in [0, 0.05) is 41.7 Å². The van der Waals surface area contributed by atoms with E-state index in [1.54, 1.807) is 0 Å². The molecule has 1 unspecified atom stereocenters. The normalized spacial score (nSPS) is 25.2. The van der Waals surface area contributed by atoms with Crippen LogP contribution in [-0.4, -0.2) is 64.5 Å². The highest BCUT2D eigenvalue weighted by Crippen LogP contribution is 2.42. The first-order valence-electron chi connectivity index (χ1n) is 12.7. The summed E-state index contributed by atoms with van der Waals surface area (Å²) >= 11 is 6.84. The second kappa shape index (κ2) is 8.91. The van der Waals surface area contributed by atoms with Crippen LogP contribution in [0.1, 0.15) is 55.2 Å². The molecular weight excluding hydrogens is 464 g/mol. The van der Waals surface area contributed by atoms with Crippen molar-refractivity contribution in [2.24, 2.45) is 5.92 Å². The van der Waals surface area contributed by atoms with E-state index in [-0.39, 0.29) is 23.6 Å². The highest BCUT2D eigenvalue weighted by Gasteiger charge is 2.35. The molecule has 186 valence electrons. The van der Waals surface area contributed by atoms with Gasteiger partial charge in [-0.1, -0.05) is 18.5 Å². The first-order chi connectivity index (χ1) is 16.9. The Balaban J connectivity index is 1.35. The first kappa shape index (κ1) is 23.0. The van der Waals surface area contributed by atoms with Crippen molar-refractivity contribution in [2.45, 2.75) is 57.2 Å². The number of nitrogens with one attached hydrogen (secondary N) is 1. The highest BCUT2D eigenvalue weighted by atomic mass is 35.5. The number of ether oxygens (including phenoxy) is 1. The number of anilines is 1. The number of fused-ring (bicyclic) bond motifs is 2. The number of benzene rings is 1. The molecule has 3 atom stereocenters. The second-order valence-electron chi connectivity index (χ2n) is 10.6. The molecule has 8 nitrogen and oxygen atoms in total. The molecule has 3 aliphatic rings. The van der Waals surface area contributed by atoms with E-state index in [0.29, 0.717) is 24.8 Å². The number of aromatic nitrogens is 4. The van der Waals surface area contributed by atoms with E-state index < -0.39 is 0 Å². The van der Waals surface area contributed by atoms with Gasteiger partial charge in [-0.15, -0.1) is 0 Å². The molecule has 0 amide bonds. The molecule has 0 spiro atoms. The molecule has 4 heterocycles. The van der Waals surface area contributed by atoms with Crippen LogP contribution in [0.4, 0.5) is 5.95 Å². The number of halogens is 1. The smallest absolute Gasteiger partial charge is 0.255 e. The number of aromatic amines is 1. The quantitative estimate of drug-likeness (QED) is 0.592. The third-order valence-corrected chi connectivity index (χ3v) is 8.50. The molecule has 3 aromatic rings. The fraction of sp³-hybridized carbons (Fsp3) is 0.577. The predicted octanol–water partition coefficient (Wildman–Crippen LogP) is 3.74. The third-order valence-electron chi connectivity index (χ3n) is 8.18. The Bertz CT molecular complexity index is 1310. The first-order valence-corrected chi connectivity index (χ1v) is 13.1. The summed E-state index contributed by atoms with van der Waals surface area (Å²) in [6.45, 7) is 4.74. The van der Waals surface area contributed by atoms with E-state index in [9.17, 15) is 4.79 Å². The van der Waals surface area contributed by atoms with E-state index in [1.807, 2.05) is 16.9 Å². The van der Waals surface area contributed by atoms with E-state index in [1.165, 1.54) is 0 Å². The molecule has 2 saturated heterocycles. The van der Waals surface area contributed by atoms with Gasteiger partial charge in [0.25, 0.3) is 5.56 Å². The lowest BCUT2D eigenvalue weighted by atomic mass is 9.74. The van der Waals surface area contributed by atoms with Crippen molar-refractivity contribution >= 4 is 28.5 Å². The van der Waals surface area contributed by atoms with Crippen LogP contribution in [0.25, 0.3) is 10.9 Å². The SMILES string of the molecule is C[C@@H]1Cc2c(nc(N3CC(N(C)C)C3)[nH]c2=O)C[C@H]1c1c(Cl)ccc2c1cnn2C1CCCCO1. The third kappa shape index (κ3) is 3.96. The standard InChI is InChI=1S/C26H33ClN6O2/c1-15-10-18-21(29-26(30-25(18)34)32-13-16(14-32)31(2)3)11-17(15)24-19-12-28-33(22(19)8-7-20(24)27)23-6-4-5-9-35-23/h7-8,12,15-17,23H,4-6,9-11,13-14H2,1-3H3,(H,29,30,34)/t15-,17-,23?/m1/s1. The van der Waals surface area contributed by atoms with Gasteiger partial charge in [0.15, 0.2) is 6.23 Å². The van der Waals surface area contributed by atoms with Gasteiger partial charge in [-0.3, -0.25) is 9.78 Å². The van der Waals surface area contributed by atoms with Crippen LogP contribution in [0.15, 0.2) is 23.1 Å². The Morgan fingerprint density at radius 2 is 2.03 bits per heavy atom. The molecule has 2 aliphatic heterocycles. The van der Waals surface area contributed by atoms with Crippen LogP contribution in [0.2, 0.25) is 5.02 Å². The average molecular weight is 497 g/mol. The molecule has 9 heteroatoms. The van der Waals surface area contributed by atoms with Crippen molar-refractivity contribution < 1.29 is 4.74 Å². The van der Waals surface area contributed by atoms with E-state index in [2.05, 4.69) is 41.9 Å². The Labute approximate surface area is 210 Å². The molecule has 2 fully saturated rings. The maximum Gasteiger partial charge on any atom is 0.255 e. The van der Waals surface area contributed by atoms with Crippen LogP contribution in [0.3, 0.4) is 0 Å². The van der Waals surface area contributed by atoms with Crippen molar-refractivity contribution in [1.82, 2.24) is 24.6 Å². The summed E-state index contributed by atoms with van der Waals surface area (Å²) in [6.07, 6.45) is 6.53. The van der Waals surface area contributed by atoms with Gasteiger partial charge < -0.3 is 14.5 Å². The maximum atomic E-state index is 13.0. The summed E-state index contributed by atoms with van der Waals surface area (Å²) in [7, 11) is 4.17. The van der Waals surface area contributed by atoms with Gasteiger partial charge >= 0.3 is 0 Å². The fourth-order valence-corrected chi connectivity index (χ4v) is 6.22. The van der Waals surface area contributed by atoms with E-state index >= 15 is 0 Å². The number of rotatable bonds is 4. The van der Waals surface area contributed by atoms with Gasteiger partial charge in [0.2, 0.25) is 5.95 Å². The largest absolute Gasteiger partial charge is 0.356 e. The van der Waals surface area contributed by atoms with Crippen LogP contribution < -0.4 is 10.5 Å². The Morgan fingerprint density at radius 3 is 2.77 bits per heavy atom. The minimum atomic E-state index is -0.0231. The highest BCUT2D eigenvalue weighted by molar-refractivity contribution is 6.32. The molecule has 1 aliphatic carbocycles. The fourth-order valence-electron chi connectivity index (χ4n) is 5.91. The lowest BCUT2D eigenvalue weighted by Crippen LogP contribution is -2.58. The lowest BCUT2D eigenvalue weighted by Gasteiger charge is -2.43. The van der Waals surface area contributed by atoms with Crippen molar-refractivity contribution in [3.63, 3.8) is 0 Å². The molecule has 2 aromatic heterocycles. The van der Waals surface area contributed by atoms with Crippen molar-refractivity contribution in [3.8, 4) is 0 Å². The minimum absolute atomic E-state index is 0.00447. The zero-order valence-corrected chi connectivity index (χ0v) is 21.4. The molecule has 1 N–H and O–H groups in total. The molecule has 35 heavy (non-hydrogen) atoms. The van der Waals surface area contributed by atoms with Gasteiger partial charge in [-0.2, -0.15) is 5.10 Å². The zero-order chi connectivity index (χ0) is 24.3. The van der Waals surface area contributed by atoms with Crippen molar-refractivity contribution in [1.29, 1.82) is 0 Å². The number of H-pyrrole nitrogens is 1. The van der Waals surface area contributed by atoms with Gasteiger partial charge in [0.1, 0.15) is 0 Å². The average Bonchev–Trinajstić information content (AvgIpc) is 3.23. The van der Waals surface area contributed by atoms with Crippen LogP contribution >= 0.6 is 11.6 Å². The van der Waals surface area contributed by atoms with Crippen LogP contribution in [0, 0.1) is 5.92 Å². The zero-order valence-electron chi connectivity index (χ0n) is 20.6. The Hall–Kier alpha value is -2.42. The summed E-state index contributed by atoms with van der Waals surface area (Å²) in [5.74, 6) is 1.11. The molecule has 1 aromatic carbocycles. The predicted molar refractivity (Wildman–Crippen MR) is 137 cm³/mol. The van der Waals surface area contributed by atoms with Crippen LogP contribution in [-0.2, 0) is 17.6 Å². The summed E-state index contributed by atoms with van der Waals surface area (Å²) in [4.78, 5) is 25.4. The van der Waals surface area contributed by atoms with E-state index in [0.717, 1.165) is 71.7 Å². The number of likely N-dealkylation sites (N-methyl/N-ethyl adjacent to an activating group) is 1. The summed E-state index contributed by atoms with van der Waals surface area (Å²) in [5.41, 5.74) is 3.89. The molecule has 0 bridgehead atoms. The van der Waals surface area contributed by atoms with Crippen molar-refractivity contribution in [2.75, 3.05) is 38.7 Å². The summed E-state index contributed by atoms with van der Waals surface area (Å²) < 4.78 is 8.03. The van der Waals surface area contributed by atoms with Gasteiger partial charge in [0.05, 0.1) is 17.4 Å².